The summed E-state index contributed by atoms with van der Waals surface area (Å²) in [4.78, 5) is 11.0. The lowest BCUT2D eigenvalue weighted by Crippen LogP contribution is -1.99. The van der Waals surface area contributed by atoms with Crippen LogP contribution in [-0.2, 0) is 7.05 Å². The predicted molar refractivity (Wildman–Crippen MR) is 70.4 cm³/mol. The number of phenolic OH excluding ortho intramolecular Hbond substituents is 1. The van der Waals surface area contributed by atoms with Gasteiger partial charge in [-0.2, -0.15) is 5.10 Å². The van der Waals surface area contributed by atoms with Crippen molar-refractivity contribution in [3.05, 3.63) is 23.9 Å². The zero-order chi connectivity index (χ0) is 14.9. The second kappa shape index (κ2) is 5.12. The Labute approximate surface area is 115 Å². The molecule has 7 nitrogen and oxygen atoms in total. The Balaban J connectivity index is 2.64. The quantitative estimate of drug-likeness (QED) is 0.880. The summed E-state index contributed by atoms with van der Waals surface area (Å²) in [6, 6.07) is 4.40. The van der Waals surface area contributed by atoms with Crippen molar-refractivity contribution >= 4 is 5.97 Å². The van der Waals surface area contributed by atoms with Crippen molar-refractivity contribution < 1.29 is 24.5 Å². The summed E-state index contributed by atoms with van der Waals surface area (Å²) in [5.41, 5.74) is 1.04. The number of aromatic hydroxyl groups is 1. The van der Waals surface area contributed by atoms with Gasteiger partial charge in [0, 0.05) is 18.7 Å². The third kappa shape index (κ3) is 2.25. The molecule has 0 unspecified atom stereocenters. The molecule has 0 spiro atoms. The average Bonchev–Trinajstić information content (AvgIpc) is 2.80. The third-order valence-corrected chi connectivity index (χ3v) is 2.88. The van der Waals surface area contributed by atoms with E-state index < -0.39 is 5.97 Å². The zero-order valence-electron chi connectivity index (χ0n) is 11.2. The Morgan fingerprint density at radius 2 is 1.85 bits per heavy atom. The number of hydrogen-bond donors (Lipinski definition) is 2. The molecule has 0 amide bonds. The number of nitrogens with zero attached hydrogens (tertiary/aromatic N) is 2. The maximum Gasteiger partial charge on any atom is 0.356 e. The van der Waals surface area contributed by atoms with Crippen LogP contribution in [-0.4, -0.2) is 40.2 Å². The van der Waals surface area contributed by atoms with E-state index in [4.69, 9.17) is 14.6 Å². The van der Waals surface area contributed by atoms with Crippen LogP contribution in [0.4, 0.5) is 0 Å². The molecule has 106 valence electrons. The predicted octanol–water partition coefficient (Wildman–Crippen LogP) is 1.51. The molecule has 0 bridgehead atoms. The summed E-state index contributed by atoms with van der Waals surface area (Å²) >= 11 is 0. The number of methoxy groups -OCH3 is 2. The fraction of sp³-hybridized carbons (Fsp3) is 0.231. The van der Waals surface area contributed by atoms with E-state index in [1.807, 2.05) is 0 Å². The standard InChI is InChI=1S/C13H14N2O5/c1-15-9(5-8(14-15)13(17)18)7-4-12(20-3)10(16)6-11(7)19-2/h4-6,16H,1-3H3,(H,17,18). The van der Waals surface area contributed by atoms with Crippen LogP contribution < -0.4 is 9.47 Å². The summed E-state index contributed by atoms with van der Waals surface area (Å²) in [5.74, 6) is -0.521. The van der Waals surface area contributed by atoms with Gasteiger partial charge in [0.25, 0.3) is 0 Å². The van der Waals surface area contributed by atoms with Crippen LogP contribution >= 0.6 is 0 Å². The molecule has 0 aliphatic rings. The first-order valence-corrected chi connectivity index (χ1v) is 5.70. The highest BCUT2D eigenvalue weighted by atomic mass is 16.5. The van der Waals surface area contributed by atoms with Gasteiger partial charge in [-0.25, -0.2) is 4.79 Å². The van der Waals surface area contributed by atoms with Gasteiger partial charge < -0.3 is 19.7 Å². The second-order valence-electron chi connectivity index (χ2n) is 4.07. The highest BCUT2D eigenvalue weighted by Gasteiger charge is 2.18. The van der Waals surface area contributed by atoms with Gasteiger partial charge in [-0.05, 0) is 12.1 Å². The van der Waals surface area contributed by atoms with Gasteiger partial charge in [-0.15, -0.1) is 0 Å². The van der Waals surface area contributed by atoms with Crippen LogP contribution in [0.1, 0.15) is 10.5 Å². The zero-order valence-corrected chi connectivity index (χ0v) is 11.2. The monoisotopic (exact) mass is 278 g/mol. The van der Waals surface area contributed by atoms with Crippen LogP contribution in [0.5, 0.6) is 17.2 Å². The Morgan fingerprint density at radius 1 is 1.20 bits per heavy atom. The summed E-state index contributed by atoms with van der Waals surface area (Å²) in [6.45, 7) is 0. The van der Waals surface area contributed by atoms with Crippen molar-refractivity contribution in [2.45, 2.75) is 0 Å². The highest BCUT2D eigenvalue weighted by molar-refractivity contribution is 5.87. The van der Waals surface area contributed by atoms with E-state index in [1.165, 1.54) is 31.0 Å². The van der Waals surface area contributed by atoms with E-state index in [1.54, 1.807) is 13.1 Å². The lowest BCUT2D eigenvalue weighted by molar-refractivity contribution is 0.0689. The van der Waals surface area contributed by atoms with Crippen molar-refractivity contribution in [2.24, 2.45) is 7.05 Å². The van der Waals surface area contributed by atoms with Gasteiger partial charge in [0.2, 0.25) is 0 Å². The fourth-order valence-electron chi connectivity index (χ4n) is 1.91. The minimum atomic E-state index is -1.11. The summed E-state index contributed by atoms with van der Waals surface area (Å²) in [6.07, 6.45) is 0. The number of phenols is 1. The molecule has 0 radical (unpaired) electrons. The SMILES string of the molecule is COc1cc(-c2cc(C(=O)O)nn2C)c(OC)cc1O. The van der Waals surface area contributed by atoms with Crippen molar-refractivity contribution in [2.75, 3.05) is 14.2 Å². The molecule has 2 rings (SSSR count). The number of carboxylic acid groups (broad SMARTS) is 1. The number of benzene rings is 1. The largest absolute Gasteiger partial charge is 0.504 e. The summed E-state index contributed by atoms with van der Waals surface area (Å²) < 4.78 is 11.7. The average molecular weight is 278 g/mol. The molecule has 0 aliphatic carbocycles. The number of carboxylic acids is 1. The normalized spacial score (nSPS) is 10.3. The van der Waals surface area contributed by atoms with Gasteiger partial charge in [0.1, 0.15) is 5.75 Å². The number of carbonyl (C=O) groups is 1. The number of aryl methyl sites for hydroxylation is 1. The number of ether oxygens (including phenoxy) is 2. The van der Waals surface area contributed by atoms with Gasteiger partial charge in [-0.1, -0.05) is 0 Å². The van der Waals surface area contributed by atoms with Crippen molar-refractivity contribution in [1.82, 2.24) is 9.78 Å². The van der Waals surface area contributed by atoms with Gasteiger partial charge in [0.05, 0.1) is 19.9 Å². The molecule has 20 heavy (non-hydrogen) atoms. The molecule has 1 aromatic heterocycles. The van der Waals surface area contributed by atoms with E-state index in [0.29, 0.717) is 17.0 Å². The van der Waals surface area contributed by atoms with E-state index in [-0.39, 0.29) is 17.2 Å². The van der Waals surface area contributed by atoms with Crippen LogP contribution in [0.25, 0.3) is 11.3 Å². The Bertz CT molecular complexity index is 663. The minimum Gasteiger partial charge on any atom is -0.504 e. The molecule has 0 atom stereocenters. The third-order valence-electron chi connectivity index (χ3n) is 2.88. The lowest BCUT2D eigenvalue weighted by atomic mass is 10.1. The Morgan fingerprint density at radius 3 is 2.35 bits per heavy atom. The topological polar surface area (TPSA) is 93.8 Å². The number of aromatic carboxylic acids is 1. The fourth-order valence-corrected chi connectivity index (χ4v) is 1.91. The number of hydrogen-bond acceptors (Lipinski definition) is 5. The van der Waals surface area contributed by atoms with E-state index in [2.05, 4.69) is 5.10 Å². The van der Waals surface area contributed by atoms with Crippen molar-refractivity contribution in [1.29, 1.82) is 0 Å². The molecule has 2 aromatic rings. The molecule has 7 heteroatoms. The van der Waals surface area contributed by atoms with Gasteiger partial charge in [-0.3, -0.25) is 4.68 Å². The first-order valence-electron chi connectivity index (χ1n) is 5.70. The van der Waals surface area contributed by atoms with Gasteiger partial charge in [0.15, 0.2) is 17.2 Å². The van der Waals surface area contributed by atoms with Crippen molar-refractivity contribution in [3.8, 4) is 28.5 Å². The second-order valence-corrected chi connectivity index (χ2v) is 4.07. The number of aromatic nitrogens is 2. The molecule has 2 N–H and O–H groups in total. The maximum absolute atomic E-state index is 11.0. The summed E-state index contributed by atoms with van der Waals surface area (Å²) in [7, 11) is 4.51. The first kappa shape index (κ1) is 13.7. The smallest absolute Gasteiger partial charge is 0.356 e. The van der Waals surface area contributed by atoms with Crippen molar-refractivity contribution in [3.63, 3.8) is 0 Å². The van der Waals surface area contributed by atoms with Crippen LogP contribution in [0.15, 0.2) is 18.2 Å². The van der Waals surface area contributed by atoms with Crippen LogP contribution in [0.2, 0.25) is 0 Å². The van der Waals surface area contributed by atoms with Crippen LogP contribution in [0, 0.1) is 0 Å². The Kier molecular flexibility index (Phi) is 3.51. The molecule has 0 aliphatic heterocycles. The molecule has 0 saturated heterocycles. The molecule has 1 heterocycles. The highest BCUT2D eigenvalue weighted by Crippen LogP contribution is 2.39. The summed E-state index contributed by atoms with van der Waals surface area (Å²) in [5, 5.41) is 22.6. The molecule has 0 saturated carbocycles. The molecule has 1 aromatic carbocycles. The van der Waals surface area contributed by atoms with E-state index in [9.17, 15) is 9.90 Å². The van der Waals surface area contributed by atoms with Crippen LogP contribution in [0.3, 0.4) is 0 Å². The van der Waals surface area contributed by atoms with E-state index >= 15 is 0 Å². The minimum absolute atomic E-state index is 0.0614. The van der Waals surface area contributed by atoms with Gasteiger partial charge >= 0.3 is 5.97 Å². The molecular weight excluding hydrogens is 264 g/mol. The molecule has 0 fully saturated rings. The molecular formula is C13H14N2O5. The maximum atomic E-state index is 11.0. The lowest BCUT2D eigenvalue weighted by Gasteiger charge is -2.12. The van der Waals surface area contributed by atoms with E-state index in [0.717, 1.165) is 0 Å². The Hall–Kier alpha value is -2.70. The first-order chi connectivity index (χ1) is 9.47. The number of rotatable bonds is 4.